The van der Waals surface area contributed by atoms with E-state index in [0.29, 0.717) is 23.9 Å². The Balaban J connectivity index is 2.32. The van der Waals surface area contributed by atoms with Crippen LogP contribution in [0.3, 0.4) is 0 Å². The number of carbonyl (C=O) groups excluding carboxylic acids is 2. The number of hydrogen-bond donors (Lipinski definition) is 1. The van der Waals surface area contributed by atoms with Crippen molar-refractivity contribution in [3.8, 4) is 0 Å². The summed E-state index contributed by atoms with van der Waals surface area (Å²) in [6.07, 6.45) is 2.98. The molecule has 1 aromatic heterocycles. The van der Waals surface area contributed by atoms with E-state index in [1.54, 1.807) is 23.1 Å². The Labute approximate surface area is 156 Å². The molecule has 0 bridgehead atoms. The van der Waals surface area contributed by atoms with Crippen molar-refractivity contribution in [2.24, 2.45) is 0 Å². The van der Waals surface area contributed by atoms with Crippen LogP contribution in [0.25, 0.3) is 6.08 Å². The minimum Gasteiger partial charge on any atom is -0.465 e. The smallest absolute Gasteiger partial charge is 0.270 e. The largest absolute Gasteiger partial charge is 0.465 e. The van der Waals surface area contributed by atoms with Crippen molar-refractivity contribution in [3.63, 3.8) is 0 Å². The van der Waals surface area contributed by atoms with Crippen molar-refractivity contribution in [1.82, 2.24) is 10.2 Å². The summed E-state index contributed by atoms with van der Waals surface area (Å²) in [6, 6.07) is 7.93. The summed E-state index contributed by atoms with van der Waals surface area (Å²) in [7, 11) is 0. The zero-order valence-electron chi connectivity index (χ0n) is 13.9. The van der Waals surface area contributed by atoms with E-state index in [4.69, 9.17) is 27.6 Å². The number of benzene rings is 1. The molecule has 2 aromatic rings. The Bertz CT molecular complexity index is 782. The van der Waals surface area contributed by atoms with Gasteiger partial charge in [0.05, 0.1) is 16.8 Å². The molecule has 1 aromatic carbocycles. The van der Waals surface area contributed by atoms with Gasteiger partial charge in [-0.2, -0.15) is 0 Å². The molecular formula is C18H18Cl2N2O3. The van der Waals surface area contributed by atoms with Crippen molar-refractivity contribution in [2.75, 3.05) is 13.1 Å². The number of rotatable bonds is 6. The Kier molecular flexibility index (Phi) is 6.67. The molecule has 1 N–H and O–H groups in total. The van der Waals surface area contributed by atoms with Crippen LogP contribution in [0, 0.1) is 0 Å². The quantitative estimate of drug-likeness (QED) is 0.762. The summed E-state index contributed by atoms with van der Waals surface area (Å²) in [5.41, 5.74) is 0.332. The van der Waals surface area contributed by atoms with Crippen LogP contribution >= 0.6 is 23.2 Å². The lowest BCUT2D eigenvalue weighted by Gasteiger charge is -2.20. The van der Waals surface area contributed by atoms with Crippen LogP contribution in [0.4, 0.5) is 0 Å². The van der Waals surface area contributed by atoms with Crippen LogP contribution in [0.1, 0.15) is 30.0 Å². The molecule has 0 atom stereocenters. The van der Waals surface area contributed by atoms with Gasteiger partial charge in [-0.05, 0) is 44.2 Å². The maximum atomic E-state index is 12.7. The van der Waals surface area contributed by atoms with Gasteiger partial charge in [0.15, 0.2) is 0 Å². The highest BCUT2D eigenvalue weighted by Crippen LogP contribution is 2.21. The molecule has 5 nitrogen and oxygen atoms in total. The lowest BCUT2D eigenvalue weighted by molar-refractivity contribution is -0.127. The first-order valence-corrected chi connectivity index (χ1v) is 8.52. The summed E-state index contributed by atoms with van der Waals surface area (Å²) >= 11 is 11.9. The minimum atomic E-state index is -0.500. The van der Waals surface area contributed by atoms with E-state index in [1.807, 2.05) is 13.8 Å². The standard InChI is InChI=1S/C18H18Cl2N2O3/c1-3-22(4-2)18(24)16(11-13-6-5-9-25-13)21-17(23)14-8-7-12(19)10-15(14)20/h5-11H,3-4H2,1-2H3,(H,21,23)/b16-11-. The number of likely N-dealkylation sites (N-methyl/N-ethyl adjacent to an activating group) is 1. The number of nitrogens with one attached hydrogen (secondary N) is 1. The average Bonchev–Trinajstić information content (AvgIpc) is 3.08. The first-order valence-electron chi connectivity index (χ1n) is 7.77. The number of furan rings is 1. The predicted molar refractivity (Wildman–Crippen MR) is 98.5 cm³/mol. The van der Waals surface area contributed by atoms with Crippen molar-refractivity contribution in [1.29, 1.82) is 0 Å². The van der Waals surface area contributed by atoms with Gasteiger partial charge in [-0.25, -0.2) is 0 Å². The van der Waals surface area contributed by atoms with E-state index in [-0.39, 0.29) is 22.2 Å². The lowest BCUT2D eigenvalue weighted by Crippen LogP contribution is -2.38. The van der Waals surface area contributed by atoms with Gasteiger partial charge in [-0.15, -0.1) is 0 Å². The third-order valence-electron chi connectivity index (χ3n) is 3.53. The van der Waals surface area contributed by atoms with Crippen molar-refractivity contribution >= 4 is 41.1 Å². The Morgan fingerprint density at radius 2 is 1.92 bits per heavy atom. The minimum absolute atomic E-state index is 0.106. The monoisotopic (exact) mass is 380 g/mol. The van der Waals surface area contributed by atoms with E-state index >= 15 is 0 Å². The Hall–Kier alpha value is -2.24. The van der Waals surface area contributed by atoms with E-state index in [2.05, 4.69) is 5.32 Å². The highest BCUT2D eigenvalue weighted by Gasteiger charge is 2.20. The molecule has 0 aliphatic heterocycles. The maximum Gasteiger partial charge on any atom is 0.270 e. The molecule has 25 heavy (non-hydrogen) atoms. The van der Waals surface area contributed by atoms with Gasteiger partial charge in [0, 0.05) is 24.2 Å². The predicted octanol–water partition coefficient (Wildman–Crippen LogP) is 4.23. The Morgan fingerprint density at radius 3 is 2.48 bits per heavy atom. The van der Waals surface area contributed by atoms with Gasteiger partial charge in [0.25, 0.3) is 11.8 Å². The first kappa shape index (κ1) is 19.1. The van der Waals surface area contributed by atoms with Gasteiger partial charge < -0.3 is 14.6 Å². The molecule has 0 aliphatic rings. The lowest BCUT2D eigenvalue weighted by atomic mass is 10.2. The molecule has 2 amide bonds. The molecule has 132 valence electrons. The molecule has 0 spiro atoms. The van der Waals surface area contributed by atoms with E-state index in [0.717, 1.165) is 0 Å². The van der Waals surface area contributed by atoms with Crippen LogP contribution in [-0.2, 0) is 4.79 Å². The fraction of sp³-hybridized carbons (Fsp3) is 0.222. The first-order chi connectivity index (χ1) is 12.0. The number of hydrogen-bond acceptors (Lipinski definition) is 3. The Morgan fingerprint density at radius 1 is 1.20 bits per heavy atom. The maximum absolute atomic E-state index is 12.7. The molecular weight excluding hydrogens is 363 g/mol. The number of amides is 2. The number of carbonyl (C=O) groups is 2. The molecule has 7 heteroatoms. The van der Waals surface area contributed by atoms with Crippen LogP contribution in [0.15, 0.2) is 46.7 Å². The molecule has 0 saturated heterocycles. The van der Waals surface area contributed by atoms with Crippen molar-refractivity contribution in [3.05, 3.63) is 63.7 Å². The molecule has 0 aliphatic carbocycles. The topological polar surface area (TPSA) is 62.6 Å². The van der Waals surface area contributed by atoms with Crippen LogP contribution in [0.2, 0.25) is 10.0 Å². The highest BCUT2D eigenvalue weighted by atomic mass is 35.5. The van der Waals surface area contributed by atoms with Gasteiger partial charge in [-0.3, -0.25) is 9.59 Å². The zero-order chi connectivity index (χ0) is 18.4. The SMILES string of the molecule is CCN(CC)C(=O)/C(=C/c1ccco1)NC(=O)c1ccc(Cl)cc1Cl. The molecule has 0 radical (unpaired) electrons. The molecule has 0 unspecified atom stereocenters. The van der Waals surface area contributed by atoms with Crippen LogP contribution < -0.4 is 5.32 Å². The average molecular weight is 381 g/mol. The summed E-state index contributed by atoms with van der Waals surface area (Å²) < 4.78 is 5.25. The summed E-state index contributed by atoms with van der Waals surface area (Å²) in [5.74, 6) is -0.349. The van der Waals surface area contributed by atoms with Gasteiger partial charge >= 0.3 is 0 Å². The zero-order valence-corrected chi connectivity index (χ0v) is 15.4. The van der Waals surface area contributed by atoms with Crippen molar-refractivity contribution in [2.45, 2.75) is 13.8 Å². The summed E-state index contributed by atoms with van der Waals surface area (Å²) in [4.78, 5) is 26.8. The summed E-state index contributed by atoms with van der Waals surface area (Å²) in [5, 5.41) is 3.25. The van der Waals surface area contributed by atoms with E-state index < -0.39 is 5.91 Å². The van der Waals surface area contributed by atoms with Gasteiger partial charge in [-0.1, -0.05) is 23.2 Å². The second kappa shape index (κ2) is 8.74. The van der Waals surface area contributed by atoms with E-state index in [9.17, 15) is 9.59 Å². The molecule has 0 fully saturated rings. The fourth-order valence-corrected chi connectivity index (χ4v) is 2.71. The van der Waals surface area contributed by atoms with E-state index in [1.165, 1.54) is 24.5 Å². The van der Waals surface area contributed by atoms with Gasteiger partial charge in [0.1, 0.15) is 11.5 Å². The molecule has 2 rings (SSSR count). The third-order valence-corrected chi connectivity index (χ3v) is 4.08. The second-order valence-corrected chi connectivity index (χ2v) is 5.97. The van der Waals surface area contributed by atoms with Crippen LogP contribution in [0.5, 0.6) is 0 Å². The second-order valence-electron chi connectivity index (χ2n) is 5.13. The number of nitrogens with zero attached hydrogens (tertiary/aromatic N) is 1. The third kappa shape index (κ3) is 4.87. The van der Waals surface area contributed by atoms with Gasteiger partial charge in [0.2, 0.25) is 0 Å². The normalized spacial score (nSPS) is 11.3. The number of halogens is 2. The molecule has 1 heterocycles. The molecule has 0 saturated carbocycles. The van der Waals surface area contributed by atoms with Crippen molar-refractivity contribution < 1.29 is 14.0 Å². The highest BCUT2D eigenvalue weighted by molar-refractivity contribution is 6.36. The fourth-order valence-electron chi connectivity index (χ4n) is 2.21. The summed E-state index contributed by atoms with van der Waals surface area (Å²) in [6.45, 7) is 4.76. The van der Waals surface area contributed by atoms with Crippen LogP contribution in [-0.4, -0.2) is 29.8 Å².